The van der Waals surface area contributed by atoms with Crippen LogP contribution in [0.15, 0.2) is 11.4 Å². The van der Waals surface area contributed by atoms with E-state index in [4.69, 9.17) is 0 Å². The molecular weight excluding hydrogens is 308 g/mol. The van der Waals surface area contributed by atoms with Gasteiger partial charge in [-0.2, -0.15) is 5.10 Å². The van der Waals surface area contributed by atoms with Crippen molar-refractivity contribution in [3.05, 3.63) is 28.5 Å². The first-order valence-corrected chi connectivity index (χ1v) is 9.35. The van der Waals surface area contributed by atoms with E-state index in [2.05, 4.69) is 14.8 Å². The zero-order valence-corrected chi connectivity index (χ0v) is 13.7. The molecule has 0 radical (unpaired) electrons. The molecule has 1 saturated carbocycles. The van der Waals surface area contributed by atoms with Crippen LogP contribution in [0.3, 0.4) is 0 Å². The van der Waals surface area contributed by atoms with Crippen LogP contribution in [0.1, 0.15) is 29.9 Å². The van der Waals surface area contributed by atoms with Crippen LogP contribution in [0, 0.1) is 13.8 Å². The van der Waals surface area contributed by atoms with Gasteiger partial charge in [0, 0.05) is 24.0 Å². The fourth-order valence-corrected chi connectivity index (χ4v) is 4.39. The molecular formula is C13H18N4O2S2. The van der Waals surface area contributed by atoms with Crippen molar-refractivity contribution in [3.8, 4) is 5.13 Å². The third kappa shape index (κ3) is 3.33. The van der Waals surface area contributed by atoms with Gasteiger partial charge in [0.15, 0.2) is 0 Å². The highest BCUT2D eigenvalue weighted by Gasteiger charge is 2.35. The van der Waals surface area contributed by atoms with Crippen LogP contribution < -0.4 is 4.72 Å². The fraction of sp³-hybridized carbons (Fsp3) is 0.538. The zero-order chi connectivity index (χ0) is 15.0. The number of nitrogens with one attached hydrogen (secondary N) is 1. The second kappa shape index (κ2) is 5.51. The van der Waals surface area contributed by atoms with Crippen LogP contribution in [0.4, 0.5) is 0 Å². The van der Waals surface area contributed by atoms with Gasteiger partial charge in [-0.15, -0.1) is 11.3 Å². The largest absolute Gasteiger partial charge is 0.223 e. The Hall–Kier alpha value is -1.25. The SMILES string of the molecule is Cc1cc(C)n(-c2nc(CCNS(=O)(=O)C3CC3)cs2)n1. The Morgan fingerprint density at radius 1 is 1.43 bits per heavy atom. The van der Waals surface area contributed by atoms with E-state index in [0.717, 1.165) is 35.1 Å². The average Bonchev–Trinajstić information content (AvgIpc) is 3.09. The van der Waals surface area contributed by atoms with Gasteiger partial charge in [0.2, 0.25) is 15.2 Å². The molecule has 0 amide bonds. The number of sulfonamides is 1. The van der Waals surface area contributed by atoms with E-state index in [1.54, 1.807) is 0 Å². The van der Waals surface area contributed by atoms with Gasteiger partial charge >= 0.3 is 0 Å². The molecule has 0 bridgehead atoms. The van der Waals surface area contributed by atoms with E-state index in [9.17, 15) is 8.42 Å². The summed E-state index contributed by atoms with van der Waals surface area (Å²) in [7, 11) is -3.10. The van der Waals surface area contributed by atoms with Gasteiger partial charge in [0.05, 0.1) is 16.6 Å². The summed E-state index contributed by atoms with van der Waals surface area (Å²) < 4.78 is 27.9. The van der Waals surface area contributed by atoms with Crippen molar-refractivity contribution in [1.29, 1.82) is 0 Å². The van der Waals surface area contributed by atoms with Crippen LogP contribution in [-0.4, -0.2) is 35.0 Å². The summed E-state index contributed by atoms with van der Waals surface area (Å²) in [6, 6.07) is 2.00. The molecule has 2 aromatic heterocycles. The molecule has 6 nitrogen and oxygen atoms in total. The Balaban J connectivity index is 1.62. The van der Waals surface area contributed by atoms with Crippen molar-refractivity contribution in [1.82, 2.24) is 19.5 Å². The first-order valence-electron chi connectivity index (χ1n) is 6.92. The predicted molar refractivity (Wildman–Crippen MR) is 82.4 cm³/mol. The number of aromatic nitrogens is 3. The second-order valence-electron chi connectivity index (χ2n) is 5.35. The maximum absolute atomic E-state index is 11.7. The number of nitrogens with zero attached hydrogens (tertiary/aromatic N) is 3. The summed E-state index contributed by atoms with van der Waals surface area (Å²) in [5.41, 5.74) is 2.89. The minimum absolute atomic E-state index is 0.168. The molecule has 21 heavy (non-hydrogen) atoms. The van der Waals surface area contributed by atoms with Crippen molar-refractivity contribution >= 4 is 21.4 Å². The quantitative estimate of drug-likeness (QED) is 0.874. The van der Waals surface area contributed by atoms with E-state index in [1.165, 1.54) is 11.3 Å². The highest BCUT2D eigenvalue weighted by atomic mass is 32.2. The van der Waals surface area contributed by atoms with Crippen molar-refractivity contribution in [2.45, 2.75) is 38.4 Å². The lowest BCUT2D eigenvalue weighted by atomic mass is 10.3. The number of thiazole rings is 1. The smallest absolute Gasteiger partial charge is 0.214 e. The molecule has 0 spiro atoms. The molecule has 114 valence electrons. The lowest BCUT2D eigenvalue weighted by Crippen LogP contribution is -2.29. The van der Waals surface area contributed by atoms with Crippen molar-refractivity contribution in [2.75, 3.05) is 6.54 Å². The third-order valence-electron chi connectivity index (χ3n) is 3.38. The van der Waals surface area contributed by atoms with E-state index in [1.807, 2.05) is 30.0 Å². The Kier molecular flexibility index (Phi) is 3.85. The minimum Gasteiger partial charge on any atom is -0.223 e. The Morgan fingerprint density at radius 3 is 2.81 bits per heavy atom. The molecule has 0 atom stereocenters. The molecule has 1 fully saturated rings. The molecule has 1 aliphatic carbocycles. The number of hydrogen-bond donors (Lipinski definition) is 1. The maximum atomic E-state index is 11.7. The van der Waals surface area contributed by atoms with Crippen molar-refractivity contribution in [3.63, 3.8) is 0 Å². The molecule has 0 aliphatic heterocycles. The van der Waals surface area contributed by atoms with E-state index in [0.29, 0.717) is 13.0 Å². The van der Waals surface area contributed by atoms with Crippen LogP contribution in [0.25, 0.3) is 5.13 Å². The molecule has 8 heteroatoms. The maximum Gasteiger partial charge on any atom is 0.214 e. The van der Waals surface area contributed by atoms with Gasteiger partial charge in [-0.05, 0) is 32.8 Å². The Bertz CT molecular complexity index is 744. The van der Waals surface area contributed by atoms with Crippen molar-refractivity contribution < 1.29 is 8.42 Å². The minimum atomic E-state index is -3.10. The van der Waals surface area contributed by atoms with Gasteiger partial charge in [-0.1, -0.05) is 0 Å². The highest BCUT2D eigenvalue weighted by Crippen LogP contribution is 2.27. The Labute approximate surface area is 128 Å². The molecule has 0 aromatic carbocycles. The summed E-state index contributed by atoms with van der Waals surface area (Å²) in [6.45, 7) is 4.34. The molecule has 1 N–H and O–H groups in total. The number of rotatable bonds is 6. The summed E-state index contributed by atoms with van der Waals surface area (Å²) in [5, 5.41) is 7.01. The second-order valence-corrected chi connectivity index (χ2v) is 8.23. The molecule has 0 unspecified atom stereocenters. The molecule has 3 rings (SSSR count). The molecule has 2 aromatic rings. The topological polar surface area (TPSA) is 76.9 Å². The van der Waals surface area contributed by atoms with Gasteiger partial charge < -0.3 is 0 Å². The van der Waals surface area contributed by atoms with Gasteiger partial charge in [-0.25, -0.2) is 22.8 Å². The van der Waals surface area contributed by atoms with Crippen LogP contribution in [0.5, 0.6) is 0 Å². The molecule has 1 aliphatic rings. The van der Waals surface area contributed by atoms with Gasteiger partial charge in [0.25, 0.3) is 0 Å². The van der Waals surface area contributed by atoms with E-state index < -0.39 is 10.0 Å². The van der Waals surface area contributed by atoms with Crippen molar-refractivity contribution in [2.24, 2.45) is 0 Å². The van der Waals surface area contributed by atoms with E-state index >= 15 is 0 Å². The van der Waals surface area contributed by atoms with E-state index in [-0.39, 0.29) is 5.25 Å². The van der Waals surface area contributed by atoms with Crippen LogP contribution >= 0.6 is 11.3 Å². The van der Waals surface area contributed by atoms with Gasteiger partial charge in [-0.3, -0.25) is 0 Å². The monoisotopic (exact) mass is 326 g/mol. The molecule has 2 heterocycles. The van der Waals surface area contributed by atoms with Gasteiger partial charge in [0.1, 0.15) is 0 Å². The fourth-order valence-electron chi connectivity index (χ4n) is 2.15. The highest BCUT2D eigenvalue weighted by molar-refractivity contribution is 7.90. The lowest BCUT2D eigenvalue weighted by Gasteiger charge is -2.03. The zero-order valence-electron chi connectivity index (χ0n) is 12.0. The summed E-state index contributed by atoms with van der Waals surface area (Å²) in [6.07, 6.45) is 2.17. The normalized spacial score (nSPS) is 15.5. The van der Waals surface area contributed by atoms with Crippen LogP contribution in [0.2, 0.25) is 0 Å². The summed E-state index contributed by atoms with van der Waals surface area (Å²) in [4.78, 5) is 4.52. The summed E-state index contributed by atoms with van der Waals surface area (Å²) >= 11 is 1.52. The Morgan fingerprint density at radius 2 is 2.19 bits per heavy atom. The third-order valence-corrected chi connectivity index (χ3v) is 6.20. The summed E-state index contributed by atoms with van der Waals surface area (Å²) in [5.74, 6) is 0. The standard InChI is InChI=1S/C13H18N4O2S2/c1-9-7-10(2)17(16-9)13-15-11(8-20-13)5-6-14-21(18,19)12-3-4-12/h7-8,12,14H,3-6H2,1-2H3. The predicted octanol–water partition coefficient (Wildman–Crippen LogP) is 1.57. The van der Waals surface area contributed by atoms with Crippen LogP contribution in [-0.2, 0) is 16.4 Å². The molecule has 0 saturated heterocycles. The first-order chi connectivity index (χ1) is 9.95. The number of aryl methyl sites for hydroxylation is 2. The first kappa shape index (κ1) is 14.7. The number of hydrogen-bond acceptors (Lipinski definition) is 5. The lowest BCUT2D eigenvalue weighted by molar-refractivity contribution is 0.580. The average molecular weight is 326 g/mol.